The molecule has 1 aromatic rings. The molecule has 2 heterocycles. The quantitative estimate of drug-likeness (QED) is 0.889. The highest BCUT2D eigenvalue weighted by molar-refractivity contribution is 5.49. The molecular weight excluding hydrogens is 278 g/mol. The SMILES string of the molecule is NCCN1CCN(c2ccc(OC3CCOCC3)cc2)CC1. The van der Waals surface area contributed by atoms with Gasteiger partial charge in [-0.2, -0.15) is 0 Å². The number of nitrogens with zero attached hydrogens (tertiary/aromatic N) is 2. The Hall–Kier alpha value is -1.30. The van der Waals surface area contributed by atoms with Gasteiger partial charge in [0.25, 0.3) is 0 Å². The number of rotatable bonds is 5. The standard InChI is InChI=1S/C17H27N3O2/c18-7-8-19-9-11-20(12-10-19)15-1-3-16(4-2-15)22-17-5-13-21-14-6-17/h1-4,17H,5-14,18H2. The van der Waals surface area contributed by atoms with Gasteiger partial charge in [-0.3, -0.25) is 4.90 Å². The van der Waals surface area contributed by atoms with E-state index in [-0.39, 0.29) is 0 Å². The number of benzene rings is 1. The van der Waals surface area contributed by atoms with Crippen molar-refractivity contribution in [3.63, 3.8) is 0 Å². The van der Waals surface area contributed by atoms with Crippen molar-refractivity contribution in [1.29, 1.82) is 0 Å². The summed E-state index contributed by atoms with van der Waals surface area (Å²) in [5.41, 5.74) is 6.91. The van der Waals surface area contributed by atoms with Gasteiger partial charge in [0.1, 0.15) is 11.9 Å². The van der Waals surface area contributed by atoms with E-state index in [4.69, 9.17) is 15.2 Å². The molecule has 2 aliphatic rings. The van der Waals surface area contributed by atoms with Crippen molar-refractivity contribution in [2.24, 2.45) is 5.73 Å². The molecule has 1 aromatic carbocycles. The fourth-order valence-corrected chi connectivity index (χ4v) is 3.13. The lowest BCUT2D eigenvalue weighted by Gasteiger charge is -2.36. The Morgan fingerprint density at radius 2 is 1.73 bits per heavy atom. The molecule has 0 bridgehead atoms. The maximum atomic E-state index is 6.03. The Balaban J connectivity index is 1.51. The van der Waals surface area contributed by atoms with Crippen LogP contribution in [0.3, 0.4) is 0 Å². The van der Waals surface area contributed by atoms with Crippen molar-refractivity contribution in [2.75, 3.05) is 57.4 Å². The summed E-state index contributed by atoms with van der Waals surface area (Å²) in [6.07, 6.45) is 2.29. The van der Waals surface area contributed by atoms with Crippen molar-refractivity contribution in [3.05, 3.63) is 24.3 Å². The number of anilines is 1. The second-order valence-corrected chi connectivity index (χ2v) is 6.04. The van der Waals surface area contributed by atoms with Gasteiger partial charge in [0.2, 0.25) is 0 Å². The van der Waals surface area contributed by atoms with Crippen LogP contribution >= 0.6 is 0 Å². The lowest BCUT2D eigenvalue weighted by Crippen LogP contribution is -2.47. The van der Waals surface area contributed by atoms with Crippen LogP contribution in [-0.4, -0.2) is 63.5 Å². The van der Waals surface area contributed by atoms with Crippen LogP contribution in [0, 0.1) is 0 Å². The highest BCUT2D eigenvalue weighted by atomic mass is 16.5. The van der Waals surface area contributed by atoms with E-state index in [0.29, 0.717) is 6.10 Å². The molecule has 0 atom stereocenters. The van der Waals surface area contributed by atoms with Gasteiger partial charge in [0, 0.05) is 57.8 Å². The summed E-state index contributed by atoms with van der Waals surface area (Å²) in [7, 11) is 0. The van der Waals surface area contributed by atoms with Gasteiger partial charge in [0.05, 0.1) is 13.2 Å². The van der Waals surface area contributed by atoms with Gasteiger partial charge in [-0.15, -0.1) is 0 Å². The summed E-state index contributed by atoms with van der Waals surface area (Å²) < 4.78 is 11.4. The number of hydrogen-bond acceptors (Lipinski definition) is 5. The van der Waals surface area contributed by atoms with Crippen LogP contribution < -0.4 is 15.4 Å². The smallest absolute Gasteiger partial charge is 0.119 e. The van der Waals surface area contributed by atoms with Gasteiger partial charge >= 0.3 is 0 Å². The molecule has 0 spiro atoms. The molecule has 2 saturated heterocycles. The minimum atomic E-state index is 0.305. The molecule has 0 unspecified atom stereocenters. The van der Waals surface area contributed by atoms with E-state index in [1.807, 2.05) is 0 Å². The van der Waals surface area contributed by atoms with Crippen LogP contribution in [0.15, 0.2) is 24.3 Å². The predicted molar refractivity (Wildman–Crippen MR) is 88.6 cm³/mol. The van der Waals surface area contributed by atoms with Gasteiger partial charge in [-0.1, -0.05) is 0 Å². The highest BCUT2D eigenvalue weighted by Crippen LogP contribution is 2.23. The fourth-order valence-electron chi connectivity index (χ4n) is 3.13. The Labute approximate surface area is 133 Å². The summed E-state index contributed by atoms with van der Waals surface area (Å²) >= 11 is 0. The predicted octanol–water partition coefficient (Wildman–Crippen LogP) is 1.33. The minimum Gasteiger partial charge on any atom is -0.490 e. The third kappa shape index (κ3) is 4.12. The molecule has 5 nitrogen and oxygen atoms in total. The first-order valence-corrected chi connectivity index (χ1v) is 8.37. The molecule has 0 amide bonds. The van der Waals surface area contributed by atoms with Crippen molar-refractivity contribution < 1.29 is 9.47 Å². The van der Waals surface area contributed by atoms with E-state index < -0.39 is 0 Å². The average molecular weight is 305 g/mol. The number of ether oxygens (including phenoxy) is 2. The average Bonchev–Trinajstić information content (AvgIpc) is 2.58. The van der Waals surface area contributed by atoms with E-state index >= 15 is 0 Å². The van der Waals surface area contributed by atoms with Crippen LogP contribution in [0.4, 0.5) is 5.69 Å². The molecule has 0 aromatic heterocycles. The van der Waals surface area contributed by atoms with Crippen LogP contribution in [0.5, 0.6) is 5.75 Å². The topological polar surface area (TPSA) is 51.0 Å². The van der Waals surface area contributed by atoms with E-state index in [0.717, 1.165) is 71.1 Å². The zero-order valence-electron chi connectivity index (χ0n) is 13.2. The first kappa shape index (κ1) is 15.6. The number of hydrogen-bond donors (Lipinski definition) is 1. The second kappa shape index (κ2) is 7.81. The third-order valence-corrected chi connectivity index (χ3v) is 4.49. The Kier molecular flexibility index (Phi) is 5.53. The normalized spacial score (nSPS) is 21.0. The monoisotopic (exact) mass is 305 g/mol. The van der Waals surface area contributed by atoms with Gasteiger partial charge in [0.15, 0.2) is 0 Å². The highest BCUT2D eigenvalue weighted by Gasteiger charge is 2.17. The third-order valence-electron chi connectivity index (χ3n) is 4.49. The van der Waals surface area contributed by atoms with E-state index in [2.05, 4.69) is 34.1 Å². The Bertz CT molecular complexity index is 438. The largest absolute Gasteiger partial charge is 0.490 e. The first-order chi connectivity index (χ1) is 10.8. The molecule has 0 aliphatic carbocycles. The van der Waals surface area contributed by atoms with Crippen LogP contribution in [-0.2, 0) is 4.74 Å². The van der Waals surface area contributed by atoms with Crippen LogP contribution in [0.2, 0.25) is 0 Å². The molecule has 3 rings (SSSR count). The van der Waals surface area contributed by atoms with Crippen molar-refractivity contribution >= 4 is 5.69 Å². The zero-order chi connectivity index (χ0) is 15.2. The number of piperazine rings is 1. The van der Waals surface area contributed by atoms with Gasteiger partial charge in [-0.25, -0.2) is 0 Å². The first-order valence-electron chi connectivity index (χ1n) is 8.37. The number of nitrogens with two attached hydrogens (primary N) is 1. The molecule has 2 aliphatic heterocycles. The molecule has 0 radical (unpaired) electrons. The van der Waals surface area contributed by atoms with Crippen molar-refractivity contribution in [1.82, 2.24) is 4.90 Å². The Morgan fingerprint density at radius 1 is 1.05 bits per heavy atom. The molecule has 2 fully saturated rings. The van der Waals surface area contributed by atoms with Crippen LogP contribution in [0.25, 0.3) is 0 Å². The van der Waals surface area contributed by atoms with Crippen molar-refractivity contribution in [2.45, 2.75) is 18.9 Å². The van der Waals surface area contributed by atoms with E-state index in [1.54, 1.807) is 0 Å². The van der Waals surface area contributed by atoms with Crippen molar-refractivity contribution in [3.8, 4) is 5.75 Å². The zero-order valence-corrected chi connectivity index (χ0v) is 13.2. The van der Waals surface area contributed by atoms with Gasteiger partial charge < -0.3 is 20.1 Å². The summed E-state index contributed by atoms with van der Waals surface area (Å²) in [5.74, 6) is 0.970. The summed E-state index contributed by atoms with van der Waals surface area (Å²) in [5, 5.41) is 0. The van der Waals surface area contributed by atoms with E-state index in [9.17, 15) is 0 Å². The lowest BCUT2D eigenvalue weighted by atomic mass is 10.1. The second-order valence-electron chi connectivity index (χ2n) is 6.04. The molecule has 5 heteroatoms. The molecular formula is C17H27N3O2. The van der Waals surface area contributed by atoms with E-state index in [1.165, 1.54) is 5.69 Å². The lowest BCUT2D eigenvalue weighted by molar-refractivity contribution is 0.0256. The molecule has 2 N–H and O–H groups in total. The fraction of sp³-hybridized carbons (Fsp3) is 0.647. The summed E-state index contributed by atoms with van der Waals surface area (Å²) in [6, 6.07) is 8.54. The maximum Gasteiger partial charge on any atom is 0.119 e. The van der Waals surface area contributed by atoms with Crippen LogP contribution in [0.1, 0.15) is 12.8 Å². The minimum absolute atomic E-state index is 0.305. The molecule has 122 valence electrons. The molecule has 22 heavy (non-hydrogen) atoms. The van der Waals surface area contributed by atoms with Gasteiger partial charge in [-0.05, 0) is 24.3 Å². The molecule has 0 saturated carbocycles. The summed E-state index contributed by atoms with van der Waals surface area (Å²) in [6.45, 7) is 7.71. The Morgan fingerprint density at radius 3 is 2.36 bits per heavy atom. The maximum absolute atomic E-state index is 6.03. The summed E-state index contributed by atoms with van der Waals surface area (Å²) in [4.78, 5) is 4.87.